The van der Waals surface area contributed by atoms with Gasteiger partial charge in [0.05, 0.1) is 11.4 Å². The number of nitrogens with zero attached hydrogens (tertiary/aromatic N) is 2. The van der Waals surface area contributed by atoms with E-state index < -0.39 is 0 Å². The molecule has 1 heterocycles. The maximum atomic E-state index is 2.44. The van der Waals surface area contributed by atoms with Gasteiger partial charge >= 0.3 is 0 Å². The van der Waals surface area contributed by atoms with E-state index >= 15 is 0 Å². The molecular formula is C16H18N2. The molecule has 0 spiro atoms. The van der Waals surface area contributed by atoms with Gasteiger partial charge in [-0.1, -0.05) is 36.4 Å². The van der Waals surface area contributed by atoms with Crippen molar-refractivity contribution in [1.29, 1.82) is 0 Å². The predicted octanol–water partition coefficient (Wildman–Crippen LogP) is 3.84. The third kappa shape index (κ3) is 2.24. The van der Waals surface area contributed by atoms with Crippen LogP contribution in [-0.2, 0) is 0 Å². The second-order valence-electron chi connectivity index (χ2n) is 4.64. The minimum absolute atomic E-state index is 1.14. The quantitative estimate of drug-likeness (QED) is 0.801. The summed E-state index contributed by atoms with van der Waals surface area (Å²) in [5.74, 6) is 0. The van der Waals surface area contributed by atoms with Gasteiger partial charge < -0.3 is 0 Å². The predicted molar refractivity (Wildman–Crippen MR) is 75.8 cm³/mol. The third-order valence-electron chi connectivity index (χ3n) is 3.37. The maximum Gasteiger partial charge on any atom is 0.0580 e. The molecule has 2 nitrogen and oxygen atoms in total. The summed E-state index contributed by atoms with van der Waals surface area (Å²) in [6.45, 7) is 2.29. The lowest BCUT2D eigenvalue weighted by atomic mass is 10.2. The molecule has 1 aliphatic heterocycles. The fourth-order valence-corrected chi connectivity index (χ4v) is 2.51. The molecule has 2 aromatic rings. The Morgan fingerprint density at radius 2 is 1.11 bits per heavy atom. The van der Waals surface area contributed by atoms with Crippen LogP contribution >= 0.6 is 0 Å². The topological polar surface area (TPSA) is 6.48 Å². The maximum absolute atomic E-state index is 2.44. The van der Waals surface area contributed by atoms with Crippen LogP contribution in [0.3, 0.4) is 0 Å². The van der Waals surface area contributed by atoms with Gasteiger partial charge in [-0.3, -0.25) is 5.01 Å². The summed E-state index contributed by atoms with van der Waals surface area (Å²) in [6, 6.07) is 21.2. The van der Waals surface area contributed by atoms with Crippen LogP contribution in [0.4, 0.5) is 11.4 Å². The molecule has 2 heteroatoms. The molecule has 1 fully saturated rings. The first-order valence-electron chi connectivity index (χ1n) is 6.60. The summed E-state index contributed by atoms with van der Waals surface area (Å²) in [4.78, 5) is 0. The lowest BCUT2D eigenvalue weighted by Crippen LogP contribution is -2.36. The Kier molecular flexibility index (Phi) is 3.29. The number of rotatable bonds is 3. The molecule has 0 N–H and O–H groups in total. The van der Waals surface area contributed by atoms with E-state index in [-0.39, 0.29) is 0 Å². The van der Waals surface area contributed by atoms with Crippen LogP contribution in [0.25, 0.3) is 0 Å². The van der Waals surface area contributed by atoms with Gasteiger partial charge in [0, 0.05) is 13.1 Å². The number of benzene rings is 2. The highest BCUT2D eigenvalue weighted by atomic mass is 15.6. The number of anilines is 2. The van der Waals surface area contributed by atoms with Gasteiger partial charge in [-0.15, -0.1) is 0 Å². The molecule has 18 heavy (non-hydrogen) atoms. The van der Waals surface area contributed by atoms with Gasteiger partial charge in [-0.2, -0.15) is 0 Å². The van der Waals surface area contributed by atoms with Gasteiger partial charge in [0.15, 0.2) is 0 Å². The molecule has 0 radical (unpaired) electrons. The van der Waals surface area contributed by atoms with Crippen molar-refractivity contribution < 1.29 is 0 Å². The fourth-order valence-electron chi connectivity index (χ4n) is 2.51. The molecule has 92 valence electrons. The molecule has 3 rings (SSSR count). The molecule has 0 unspecified atom stereocenters. The molecule has 0 atom stereocenters. The van der Waals surface area contributed by atoms with Gasteiger partial charge in [-0.05, 0) is 37.1 Å². The third-order valence-corrected chi connectivity index (χ3v) is 3.37. The zero-order chi connectivity index (χ0) is 12.2. The highest BCUT2D eigenvalue weighted by molar-refractivity contribution is 5.61. The van der Waals surface area contributed by atoms with E-state index in [1.807, 2.05) is 0 Å². The van der Waals surface area contributed by atoms with E-state index in [1.54, 1.807) is 0 Å². The Labute approximate surface area is 108 Å². The Hall–Kier alpha value is -1.80. The summed E-state index contributed by atoms with van der Waals surface area (Å²) in [7, 11) is 0. The van der Waals surface area contributed by atoms with E-state index in [9.17, 15) is 0 Å². The number of hydrogen-bond donors (Lipinski definition) is 0. The lowest BCUT2D eigenvalue weighted by Gasteiger charge is -2.33. The van der Waals surface area contributed by atoms with Crippen LogP contribution in [0, 0.1) is 0 Å². The van der Waals surface area contributed by atoms with Crippen molar-refractivity contribution in [1.82, 2.24) is 5.01 Å². The zero-order valence-corrected chi connectivity index (χ0v) is 10.5. The minimum atomic E-state index is 1.14. The average molecular weight is 238 g/mol. The number of para-hydroxylation sites is 2. The van der Waals surface area contributed by atoms with Crippen LogP contribution in [0.15, 0.2) is 60.7 Å². The summed E-state index contributed by atoms with van der Waals surface area (Å²) in [5, 5.41) is 4.78. The smallest absolute Gasteiger partial charge is 0.0580 e. The van der Waals surface area contributed by atoms with Crippen LogP contribution in [0.1, 0.15) is 12.8 Å². The van der Waals surface area contributed by atoms with Crippen LogP contribution < -0.4 is 5.01 Å². The van der Waals surface area contributed by atoms with Gasteiger partial charge in [0.2, 0.25) is 0 Å². The van der Waals surface area contributed by atoms with Crippen molar-refractivity contribution in [2.24, 2.45) is 0 Å². The zero-order valence-electron chi connectivity index (χ0n) is 10.5. The first-order valence-corrected chi connectivity index (χ1v) is 6.60. The molecule has 0 saturated carbocycles. The van der Waals surface area contributed by atoms with Gasteiger partial charge in [0.1, 0.15) is 0 Å². The van der Waals surface area contributed by atoms with Crippen LogP contribution in [0.2, 0.25) is 0 Å². The van der Waals surface area contributed by atoms with Crippen LogP contribution in [-0.4, -0.2) is 18.1 Å². The Morgan fingerprint density at radius 3 is 1.56 bits per heavy atom. The molecule has 0 bridgehead atoms. The van der Waals surface area contributed by atoms with Crippen molar-refractivity contribution in [2.45, 2.75) is 12.8 Å². The SMILES string of the molecule is c1ccc(N(c2ccccc2)N2CCCC2)cc1. The first kappa shape index (κ1) is 11.3. The monoisotopic (exact) mass is 238 g/mol. The highest BCUT2D eigenvalue weighted by Crippen LogP contribution is 2.29. The van der Waals surface area contributed by atoms with Crippen LogP contribution in [0.5, 0.6) is 0 Å². The summed E-state index contributed by atoms with van der Waals surface area (Å²) in [6.07, 6.45) is 2.58. The van der Waals surface area contributed by atoms with Crippen molar-refractivity contribution in [3.8, 4) is 0 Å². The summed E-state index contributed by atoms with van der Waals surface area (Å²) >= 11 is 0. The van der Waals surface area contributed by atoms with Crippen molar-refractivity contribution in [2.75, 3.05) is 18.1 Å². The minimum Gasteiger partial charge on any atom is -0.274 e. The van der Waals surface area contributed by atoms with E-state index in [1.165, 1.54) is 24.2 Å². The number of hydrazine groups is 1. The van der Waals surface area contributed by atoms with Crippen molar-refractivity contribution in [3.63, 3.8) is 0 Å². The molecule has 1 aliphatic rings. The fraction of sp³-hybridized carbons (Fsp3) is 0.250. The van der Waals surface area contributed by atoms with Crippen molar-refractivity contribution in [3.05, 3.63) is 60.7 Å². The first-order chi connectivity index (χ1) is 8.95. The lowest BCUT2D eigenvalue weighted by molar-refractivity contribution is 0.345. The second kappa shape index (κ2) is 5.23. The largest absolute Gasteiger partial charge is 0.274 e. The summed E-state index contributed by atoms with van der Waals surface area (Å²) < 4.78 is 0. The molecule has 0 aromatic heterocycles. The van der Waals surface area contributed by atoms with E-state index in [0.29, 0.717) is 0 Å². The standard InChI is InChI=1S/C16H18N2/c1-3-9-15(10-4-1)18(17-13-7-8-14-17)16-11-5-2-6-12-16/h1-6,9-12H,7-8,13-14H2. The molecule has 0 aliphatic carbocycles. The molecule has 0 amide bonds. The van der Waals surface area contributed by atoms with E-state index in [0.717, 1.165) is 13.1 Å². The Bertz CT molecular complexity index is 435. The molecule has 1 saturated heterocycles. The normalized spacial score (nSPS) is 15.8. The average Bonchev–Trinajstić information content (AvgIpc) is 2.95. The Morgan fingerprint density at radius 1 is 0.667 bits per heavy atom. The molecule has 2 aromatic carbocycles. The second-order valence-corrected chi connectivity index (χ2v) is 4.64. The van der Waals surface area contributed by atoms with Crippen molar-refractivity contribution >= 4 is 11.4 Å². The van der Waals surface area contributed by atoms with E-state index in [2.05, 4.69) is 70.7 Å². The Balaban J connectivity index is 1.98. The van der Waals surface area contributed by atoms with E-state index in [4.69, 9.17) is 0 Å². The summed E-state index contributed by atoms with van der Waals surface area (Å²) in [5.41, 5.74) is 2.48. The molecular weight excluding hydrogens is 220 g/mol. The highest BCUT2D eigenvalue weighted by Gasteiger charge is 2.21. The number of hydrogen-bond acceptors (Lipinski definition) is 2. The van der Waals surface area contributed by atoms with Gasteiger partial charge in [0.25, 0.3) is 0 Å². The van der Waals surface area contributed by atoms with Gasteiger partial charge in [-0.25, -0.2) is 5.01 Å².